The molecule has 1 fully saturated rings. The fourth-order valence-corrected chi connectivity index (χ4v) is 4.34. The summed E-state index contributed by atoms with van der Waals surface area (Å²) in [5, 5.41) is 3.45. The van der Waals surface area contributed by atoms with E-state index in [1.54, 1.807) is 25.1 Å². The third kappa shape index (κ3) is 5.09. The Morgan fingerprint density at radius 2 is 1.96 bits per heavy atom. The van der Waals surface area contributed by atoms with Gasteiger partial charge in [0, 0.05) is 11.1 Å². The normalized spacial score (nSPS) is 18.0. The predicted octanol–water partition coefficient (Wildman–Crippen LogP) is 2.01. The smallest absolute Gasteiger partial charge is 0.243 e. The third-order valence-corrected chi connectivity index (χ3v) is 6.21. The lowest BCUT2D eigenvalue weighted by Gasteiger charge is -2.33. The van der Waals surface area contributed by atoms with Crippen LogP contribution in [0, 0.1) is 6.92 Å². The average Bonchev–Trinajstić information content (AvgIpc) is 2.51. The number of nitrogens with one attached hydrogen (secondary N) is 1. The summed E-state index contributed by atoms with van der Waals surface area (Å²) in [7, 11) is -1.59. The van der Waals surface area contributed by atoms with Crippen molar-refractivity contribution in [3.63, 3.8) is 0 Å². The van der Waals surface area contributed by atoms with Crippen LogP contribution in [0.4, 0.5) is 5.69 Å². The highest BCUT2D eigenvalue weighted by atomic mass is 35.5. The van der Waals surface area contributed by atoms with Gasteiger partial charge in [-0.3, -0.25) is 9.10 Å². The average molecular weight is 388 g/mol. The number of benzene rings is 1. The molecule has 0 aliphatic carbocycles. The quantitative estimate of drug-likeness (QED) is 0.839. The molecule has 0 saturated carbocycles. The highest BCUT2D eigenvalue weighted by Gasteiger charge is 2.31. The standard InChI is InChI=1S/C17H26ClN3O3S/c1-12-5-6-15(11-16(12)18)21(25(4,23)24)13(2)17(22)19-14-7-9-20(3)10-8-14/h5-6,11,13-14H,7-10H2,1-4H3,(H,19,22)/t13-/m1/s1. The molecule has 2 rings (SSSR count). The van der Waals surface area contributed by atoms with E-state index in [0.717, 1.165) is 42.1 Å². The van der Waals surface area contributed by atoms with Gasteiger partial charge in [-0.15, -0.1) is 0 Å². The van der Waals surface area contributed by atoms with Crippen LogP contribution in [0.1, 0.15) is 25.3 Å². The molecular formula is C17H26ClN3O3S. The molecule has 0 spiro atoms. The number of likely N-dealkylation sites (tertiary alicyclic amines) is 1. The number of hydrogen-bond acceptors (Lipinski definition) is 4. The summed E-state index contributed by atoms with van der Waals surface area (Å²) < 4.78 is 25.7. The molecule has 0 unspecified atom stereocenters. The van der Waals surface area contributed by atoms with Gasteiger partial charge in [0.2, 0.25) is 15.9 Å². The molecule has 0 radical (unpaired) electrons. The molecular weight excluding hydrogens is 362 g/mol. The van der Waals surface area contributed by atoms with Crippen molar-refractivity contribution >= 4 is 33.2 Å². The Bertz CT molecular complexity index is 731. The molecule has 0 aromatic heterocycles. The van der Waals surface area contributed by atoms with E-state index < -0.39 is 16.1 Å². The van der Waals surface area contributed by atoms with E-state index in [2.05, 4.69) is 10.2 Å². The van der Waals surface area contributed by atoms with Crippen molar-refractivity contribution in [1.29, 1.82) is 0 Å². The van der Waals surface area contributed by atoms with Gasteiger partial charge in [-0.2, -0.15) is 0 Å². The van der Waals surface area contributed by atoms with Gasteiger partial charge in [-0.25, -0.2) is 8.42 Å². The van der Waals surface area contributed by atoms with E-state index in [9.17, 15) is 13.2 Å². The first-order valence-corrected chi connectivity index (χ1v) is 10.6. The molecule has 1 aromatic rings. The van der Waals surface area contributed by atoms with Crippen molar-refractivity contribution in [2.75, 3.05) is 30.7 Å². The molecule has 1 aliphatic rings. The van der Waals surface area contributed by atoms with Crippen LogP contribution in [0.25, 0.3) is 0 Å². The molecule has 8 heteroatoms. The van der Waals surface area contributed by atoms with Gasteiger partial charge in [0.25, 0.3) is 0 Å². The Morgan fingerprint density at radius 1 is 1.36 bits per heavy atom. The van der Waals surface area contributed by atoms with Gasteiger partial charge in [0.05, 0.1) is 11.9 Å². The molecule has 0 bridgehead atoms. The molecule has 25 heavy (non-hydrogen) atoms. The third-order valence-electron chi connectivity index (χ3n) is 4.56. The second-order valence-corrected chi connectivity index (χ2v) is 9.02. The summed E-state index contributed by atoms with van der Waals surface area (Å²) in [6.45, 7) is 5.28. The number of carbonyl (C=O) groups is 1. The maximum atomic E-state index is 12.6. The summed E-state index contributed by atoms with van der Waals surface area (Å²) in [6.07, 6.45) is 2.83. The Morgan fingerprint density at radius 3 is 2.48 bits per heavy atom. The largest absolute Gasteiger partial charge is 0.351 e. The first-order valence-electron chi connectivity index (χ1n) is 8.34. The Labute approximate surface area is 155 Å². The summed E-state index contributed by atoms with van der Waals surface area (Å²) in [5.74, 6) is -0.295. The zero-order valence-electron chi connectivity index (χ0n) is 15.1. The monoisotopic (exact) mass is 387 g/mol. The lowest BCUT2D eigenvalue weighted by Crippen LogP contribution is -2.52. The molecule has 140 valence electrons. The van der Waals surface area contributed by atoms with Gasteiger partial charge < -0.3 is 10.2 Å². The molecule has 1 atom stereocenters. The maximum Gasteiger partial charge on any atom is 0.243 e. The van der Waals surface area contributed by atoms with Crippen molar-refractivity contribution in [2.45, 2.75) is 38.8 Å². The number of rotatable bonds is 5. The van der Waals surface area contributed by atoms with Crippen LogP contribution in [0.5, 0.6) is 0 Å². The zero-order chi connectivity index (χ0) is 18.8. The first kappa shape index (κ1) is 20.0. The van der Waals surface area contributed by atoms with E-state index >= 15 is 0 Å². The summed E-state index contributed by atoms with van der Waals surface area (Å²) >= 11 is 6.13. The Kier molecular flexibility index (Phi) is 6.35. The maximum absolute atomic E-state index is 12.6. The van der Waals surface area contributed by atoms with E-state index in [4.69, 9.17) is 11.6 Å². The predicted molar refractivity (Wildman–Crippen MR) is 102 cm³/mol. The number of sulfonamides is 1. The second-order valence-electron chi connectivity index (χ2n) is 6.75. The molecule has 1 heterocycles. The number of carbonyl (C=O) groups excluding carboxylic acids is 1. The van der Waals surface area contributed by atoms with E-state index in [-0.39, 0.29) is 11.9 Å². The van der Waals surface area contributed by atoms with E-state index in [1.807, 2.05) is 14.0 Å². The van der Waals surface area contributed by atoms with Gasteiger partial charge in [-0.1, -0.05) is 17.7 Å². The van der Waals surface area contributed by atoms with Crippen LogP contribution >= 0.6 is 11.6 Å². The van der Waals surface area contributed by atoms with Crippen molar-refractivity contribution in [2.24, 2.45) is 0 Å². The fourth-order valence-electron chi connectivity index (χ4n) is 3.00. The molecule has 6 nitrogen and oxygen atoms in total. The summed E-state index contributed by atoms with van der Waals surface area (Å²) in [6, 6.07) is 4.22. The van der Waals surface area contributed by atoms with Crippen molar-refractivity contribution in [3.05, 3.63) is 28.8 Å². The van der Waals surface area contributed by atoms with Crippen LogP contribution in [-0.4, -0.2) is 57.7 Å². The minimum atomic E-state index is -3.64. The molecule has 1 amide bonds. The van der Waals surface area contributed by atoms with Crippen LogP contribution in [0.15, 0.2) is 18.2 Å². The minimum Gasteiger partial charge on any atom is -0.351 e. The highest BCUT2D eigenvalue weighted by molar-refractivity contribution is 7.92. The topological polar surface area (TPSA) is 69.7 Å². The summed E-state index contributed by atoms with van der Waals surface area (Å²) in [4.78, 5) is 14.9. The zero-order valence-corrected chi connectivity index (χ0v) is 16.7. The van der Waals surface area contributed by atoms with Gasteiger partial charge in [0.15, 0.2) is 0 Å². The van der Waals surface area contributed by atoms with Crippen molar-refractivity contribution in [3.8, 4) is 0 Å². The first-order chi connectivity index (χ1) is 11.6. The minimum absolute atomic E-state index is 0.0779. The second kappa shape index (κ2) is 7.93. The van der Waals surface area contributed by atoms with Gasteiger partial charge in [0.1, 0.15) is 6.04 Å². The number of nitrogens with zero attached hydrogens (tertiary/aromatic N) is 2. The number of amides is 1. The molecule has 1 N–H and O–H groups in total. The van der Waals surface area contributed by atoms with E-state index in [0.29, 0.717) is 10.7 Å². The van der Waals surface area contributed by atoms with Crippen LogP contribution in [-0.2, 0) is 14.8 Å². The SMILES string of the molecule is Cc1ccc(N([C@H](C)C(=O)NC2CCN(C)CC2)S(C)(=O)=O)cc1Cl. The number of hydrogen-bond donors (Lipinski definition) is 1. The van der Waals surface area contributed by atoms with Crippen molar-refractivity contribution in [1.82, 2.24) is 10.2 Å². The van der Waals surface area contributed by atoms with Crippen LogP contribution in [0.3, 0.4) is 0 Å². The van der Waals surface area contributed by atoms with Crippen LogP contribution in [0.2, 0.25) is 5.02 Å². The molecule has 1 saturated heterocycles. The number of piperidine rings is 1. The number of anilines is 1. The molecule has 1 aliphatic heterocycles. The van der Waals surface area contributed by atoms with Crippen molar-refractivity contribution < 1.29 is 13.2 Å². The fraction of sp³-hybridized carbons (Fsp3) is 0.588. The lowest BCUT2D eigenvalue weighted by molar-refractivity contribution is -0.122. The molecule has 1 aromatic carbocycles. The van der Waals surface area contributed by atoms with E-state index in [1.165, 1.54) is 0 Å². The number of aryl methyl sites for hydroxylation is 1. The summed E-state index contributed by atoms with van der Waals surface area (Å²) in [5.41, 5.74) is 1.24. The Balaban J connectivity index is 2.19. The highest BCUT2D eigenvalue weighted by Crippen LogP contribution is 2.26. The lowest BCUT2D eigenvalue weighted by atomic mass is 10.1. The van der Waals surface area contributed by atoms with Gasteiger partial charge in [-0.05, 0) is 64.5 Å². The Hall–Kier alpha value is -1.31. The van der Waals surface area contributed by atoms with Gasteiger partial charge >= 0.3 is 0 Å². The number of halogens is 1. The van der Waals surface area contributed by atoms with Crippen LogP contribution < -0.4 is 9.62 Å².